The highest BCUT2D eigenvalue weighted by molar-refractivity contribution is 5.96. The molecule has 1 amide bonds. The third kappa shape index (κ3) is 3.21. The van der Waals surface area contributed by atoms with Crippen LogP contribution in [-0.2, 0) is 9.53 Å². The molecule has 0 aliphatic carbocycles. The summed E-state index contributed by atoms with van der Waals surface area (Å²) in [5.41, 5.74) is 0.487. The molecule has 0 aliphatic heterocycles. The van der Waals surface area contributed by atoms with Gasteiger partial charge in [-0.05, 0) is 25.1 Å². The standard InChI is InChI=1S/C12H15NO5/c1-7(17-2)11(14)13-9-5-4-8(12(15)16)6-10(9)18-3/h4-7H,1-3H3,(H,13,14)(H,15,16)/t7-/m0/s1. The number of carboxylic acids is 1. The maximum Gasteiger partial charge on any atom is 0.335 e. The van der Waals surface area contributed by atoms with Crippen LogP contribution in [-0.4, -0.2) is 37.3 Å². The number of ether oxygens (including phenoxy) is 2. The molecule has 98 valence electrons. The van der Waals surface area contributed by atoms with E-state index in [-0.39, 0.29) is 17.2 Å². The molecule has 0 aliphatic rings. The Morgan fingerprint density at radius 2 is 2.00 bits per heavy atom. The number of rotatable bonds is 5. The number of anilines is 1. The fraction of sp³-hybridized carbons (Fsp3) is 0.333. The molecule has 0 unspecified atom stereocenters. The normalized spacial score (nSPS) is 11.7. The Labute approximate surface area is 105 Å². The molecule has 0 heterocycles. The van der Waals surface area contributed by atoms with E-state index in [9.17, 15) is 9.59 Å². The van der Waals surface area contributed by atoms with E-state index in [0.717, 1.165) is 0 Å². The zero-order valence-corrected chi connectivity index (χ0v) is 10.4. The van der Waals surface area contributed by atoms with Gasteiger partial charge < -0.3 is 19.9 Å². The molecule has 6 nitrogen and oxygen atoms in total. The molecule has 0 aromatic heterocycles. The minimum absolute atomic E-state index is 0.0876. The van der Waals surface area contributed by atoms with Crippen LogP contribution < -0.4 is 10.1 Å². The van der Waals surface area contributed by atoms with Crippen molar-refractivity contribution in [2.75, 3.05) is 19.5 Å². The van der Waals surface area contributed by atoms with Crippen LogP contribution in [0.1, 0.15) is 17.3 Å². The number of benzene rings is 1. The van der Waals surface area contributed by atoms with Crippen LogP contribution in [0.2, 0.25) is 0 Å². The third-order valence-electron chi connectivity index (χ3n) is 2.43. The summed E-state index contributed by atoms with van der Waals surface area (Å²) in [6.45, 7) is 1.60. The van der Waals surface area contributed by atoms with E-state index in [1.54, 1.807) is 6.92 Å². The van der Waals surface area contributed by atoms with E-state index < -0.39 is 12.1 Å². The number of amides is 1. The number of methoxy groups -OCH3 is 2. The summed E-state index contributed by atoms with van der Waals surface area (Å²) in [5.74, 6) is -1.11. The van der Waals surface area contributed by atoms with Gasteiger partial charge >= 0.3 is 5.97 Å². The summed E-state index contributed by atoms with van der Waals surface area (Å²) in [6.07, 6.45) is -0.603. The molecular weight excluding hydrogens is 238 g/mol. The van der Waals surface area contributed by atoms with Crippen LogP contribution in [0.15, 0.2) is 18.2 Å². The van der Waals surface area contributed by atoms with E-state index in [0.29, 0.717) is 5.69 Å². The molecule has 0 radical (unpaired) electrons. The maximum absolute atomic E-state index is 11.6. The molecule has 1 aromatic rings. The summed E-state index contributed by atoms with van der Waals surface area (Å²) in [5, 5.41) is 11.4. The van der Waals surface area contributed by atoms with Crippen molar-refractivity contribution in [2.24, 2.45) is 0 Å². The second kappa shape index (κ2) is 6.02. The minimum Gasteiger partial charge on any atom is -0.495 e. The van der Waals surface area contributed by atoms with Crippen molar-refractivity contribution in [2.45, 2.75) is 13.0 Å². The van der Waals surface area contributed by atoms with E-state index in [1.807, 2.05) is 0 Å². The van der Waals surface area contributed by atoms with Gasteiger partial charge in [0.15, 0.2) is 0 Å². The van der Waals surface area contributed by atoms with E-state index in [4.69, 9.17) is 14.6 Å². The first kappa shape index (κ1) is 14.0. The van der Waals surface area contributed by atoms with Gasteiger partial charge in [0.05, 0.1) is 18.4 Å². The molecule has 0 saturated heterocycles. The minimum atomic E-state index is -1.06. The summed E-state index contributed by atoms with van der Waals surface area (Å²) in [7, 11) is 2.82. The van der Waals surface area contributed by atoms with Crippen molar-refractivity contribution in [3.8, 4) is 5.75 Å². The zero-order valence-electron chi connectivity index (χ0n) is 10.4. The molecular formula is C12H15NO5. The Kier molecular flexibility index (Phi) is 4.67. The lowest BCUT2D eigenvalue weighted by molar-refractivity contribution is -0.124. The number of carbonyl (C=O) groups excluding carboxylic acids is 1. The summed E-state index contributed by atoms with van der Waals surface area (Å²) in [6, 6.07) is 4.20. The van der Waals surface area contributed by atoms with Crippen molar-refractivity contribution in [3.63, 3.8) is 0 Å². The van der Waals surface area contributed by atoms with Gasteiger partial charge in [0.2, 0.25) is 0 Å². The number of aromatic carboxylic acids is 1. The summed E-state index contributed by atoms with van der Waals surface area (Å²) in [4.78, 5) is 22.4. The molecule has 0 saturated carbocycles. The fourth-order valence-corrected chi connectivity index (χ4v) is 1.27. The van der Waals surface area contributed by atoms with Crippen molar-refractivity contribution in [1.29, 1.82) is 0 Å². The van der Waals surface area contributed by atoms with Crippen LogP contribution in [0.4, 0.5) is 5.69 Å². The monoisotopic (exact) mass is 253 g/mol. The lowest BCUT2D eigenvalue weighted by Crippen LogP contribution is -2.26. The number of nitrogens with one attached hydrogen (secondary N) is 1. The number of hydrogen-bond acceptors (Lipinski definition) is 4. The van der Waals surface area contributed by atoms with Gasteiger partial charge in [-0.2, -0.15) is 0 Å². The molecule has 1 aromatic carbocycles. The van der Waals surface area contributed by atoms with E-state index in [2.05, 4.69) is 5.32 Å². The predicted octanol–water partition coefficient (Wildman–Crippen LogP) is 1.37. The molecule has 0 bridgehead atoms. The Morgan fingerprint density at radius 3 is 2.50 bits per heavy atom. The Hall–Kier alpha value is -2.08. The molecule has 2 N–H and O–H groups in total. The second-order valence-electron chi connectivity index (χ2n) is 3.59. The number of hydrogen-bond donors (Lipinski definition) is 2. The first-order valence-corrected chi connectivity index (χ1v) is 5.24. The molecule has 0 fully saturated rings. The first-order chi connectivity index (χ1) is 8.49. The van der Waals surface area contributed by atoms with Gasteiger partial charge in [0.25, 0.3) is 5.91 Å². The maximum atomic E-state index is 11.6. The van der Waals surface area contributed by atoms with Crippen molar-refractivity contribution in [1.82, 2.24) is 0 Å². The highest BCUT2D eigenvalue weighted by atomic mass is 16.5. The topological polar surface area (TPSA) is 84.9 Å². The van der Waals surface area contributed by atoms with Gasteiger partial charge in [-0.15, -0.1) is 0 Å². The van der Waals surface area contributed by atoms with Crippen LogP contribution in [0.3, 0.4) is 0 Å². The van der Waals surface area contributed by atoms with Crippen LogP contribution in [0, 0.1) is 0 Å². The average Bonchev–Trinajstić information content (AvgIpc) is 2.37. The predicted molar refractivity (Wildman–Crippen MR) is 65.1 cm³/mol. The molecule has 18 heavy (non-hydrogen) atoms. The third-order valence-corrected chi connectivity index (χ3v) is 2.43. The number of carbonyl (C=O) groups is 2. The Balaban J connectivity index is 2.96. The van der Waals surface area contributed by atoms with Crippen LogP contribution in [0.25, 0.3) is 0 Å². The smallest absolute Gasteiger partial charge is 0.335 e. The lowest BCUT2D eigenvalue weighted by Gasteiger charge is -2.13. The van der Waals surface area contributed by atoms with Crippen LogP contribution in [0.5, 0.6) is 5.75 Å². The SMILES string of the molecule is COc1cc(C(=O)O)ccc1NC(=O)[C@H](C)OC. The fourth-order valence-electron chi connectivity index (χ4n) is 1.27. The van der Waals surface area contributed by atoms with Gasteiger partial charge in [-0.3, -0.25) is 4.79 Å². The van der Waals surface area contributed by atoms with E-state index in [1.165, 1.54) is 32.4 Å². The van der Waals surface area contributed by atoms with Gasteiger partial charge in [0.1, 0.15) is 11.9 Å². The lowest BCUT2D eigenvalue weighted by atomic mass is 10.2. The average molecular weight is 253 g/mol. The van der Waals surface area contributed by atoms with Crippen LogP contribution >= 0.6 is 0 Å². The zero-order chi connectivity index (χ0) is 13.7. The van der Waals surface area contributed by atoms with E-state index >= 15 is 0 Å². The van der Waals surface area contributed by atoms with Crippen molar-refractivity contribution >= 4 is 17.6 Å². The first-order valence-electron chi connectivity index (χ1n) is 5.24. The van der Waals surface area contributed by atoms with Gasteiger partial charge in [-0.25, -0.2) is 4.79 Å². The van der Waals surface area contributed by atoms with Crippen molar-refractivity contribution in [3.05, 3.63) is 23.8 Å². The highest BCUT2D eigenvalue weighted by Gasteiger charge is 2.15. The molecule has 6 heteroatoms. The molecule has 1 rings (SSSR count). The van der Waals surface area contributed by atoms with Crippen molar-refractivity contribution < 1.29 is 24.2 Å². The van der Waals surface area contributed by atoms with Gasteiger partial charge in [0, 0.05) is 7.11 Å². The molecule has 1 atom stereocenters. The molecule has 0 spiro atoms. The largest absolute Gasteiger partial charge is 0.495 e. The summed E-state index contributed by atoms with van der Waals surface area (Å²) >= 11 is 0. The van der Waals surface area contributed by atoms with Gasteiger partial charge in [-0.1, -0.05) is 0 Å². The Morgan fingerprint density at radius 1 is 1.33 bits per heavy atom. The Bertz CT molecular complexity index is 458. The second-order valence-corrected chi connectivity index (χ2v) is 3.59. The summed E-state index contributed by atoms with van der Waals surface area (Å²) < 4.78 is 9.90. The highest BCUT2D eigenvalue weighted by Crippen LogP contribution is 2.25. The quantitative estimate of drug-likeness (QED) is 0.827. The number of carboxylic acid groups (broad SMARTS) is 1.